The summed E-state index contributed by atoms with van der Waals surface area (Å²) < 4.78 is 0. The van der Waals surface area contributed by atoms with Crippen LogP contribution in [-0.4, -0.2) is 44.0 Å². The van der Waals surface area contributed by atoms with Crippen LogP contribution < -0.4 is 11.1 Å². The van der Waals surface area contributed by atoms with Crippen LogP contribution in [0.3, 0.4) is 0 Å². The van der Waals surface area contributed by atoms with Crippen molar-refractivity contribution in [3.05, 3.63) is 0 Å². The van der Waals surface area contributed by atoms with Gasteiger partial charge in [-0.2, -0.15) is 0 Å². The minimum Gasteiger partial charge on any atom is -0.356 e. The van der Waals surface area contributed by atoms with Crippen LogP contribution in [0.5, 0.6) is 0 Å². The van der Waals surface area contributed by atoms with Crippen molar-refractivity contribution in [1.82, 2.24) is 10.2 Å². The summed E-state index contributed by atoms with van der Waals surface area (Å²) in [5, 5.41) is 3.12. The summed E-state index contributed by atoms with van der Waals surface area (Å²) in [6.45, 7) is 8.43. The molecule has 0 heterocycles. The first kappa shape index (κ1) is 17.4. The van der Waals surface area contributed by atoms with Crippen molar-refractivity contribution < 1.29 is 4.79 Å². The van der Waals surface area contributed by atoms with Gasteiger partial charge in [0.05, 0.1) is 0 Å². The predicted octanol–water partition coefficient (Wildman–Crippen LogP) is 1.84. The third-order valence-corrected chi connectivity index (χ3v) is 5.15. The van der Waals surface area contributed by atoms with Crippen molar-refractivity contribution in [2.75, 3.05) is 27.2 Å². The number of nitrogens with two attached hydrogens (primary N) is 1. The van der Waals surface area contributed by atoms with E-state index in [0.717, 1.165) is 38.8 Å². The largest absolute Gasteiger partial charge is 0.356 e. The van der Waals surface area contributed by atoms with Gasteiger partial charge >= 0.3 is 0 Å². The van der Waals surface area contributed by atoms with Crippen LogP contribution in [0.1, 0.15) is 46.5 Å². The van der Waals surface area contributed by atoms with Gasteiger partial charge in [0.15, 0.2) is 0 Å². The molecule has 1 fully saturated rings. The molecule has 3 unspecified atom stereocenters. The summed E-state index contributed by atoms with van der Waals surface area (Å²) in [5.41, 5.74) is 6.14. The van der Waals surface area contributed by atoms with E-state index in [1.807, 2.05) is 0 Å². The van der Waals surface area contributed by atoms with Crippen molar-refractivity contribution in [3.63, 3.8) is 0 Å². The molecule has 0 spiro atoms. The standard InChI is InChI=1S/C16H33N3O/c1-12-14(17)9-8-13(16(12,2)3)15(20)18-10-6-7-11-19(4)5/h12-14H,6-11,17H2,1-5H3,(H,18,20). The third kappa shape index (κ3) is 4.45. The Bertz CT molecular complexity index is 315. The normalized spacial score (nSPS) is 29.4. The molecule has 4 nitrogen and oxygen atoms in total. The number of carbonyl (C=O) groups excluding carboxylic acids is 1. The number of hydrogen-bond acceptors (Lipinski definition) is 3. The summed E-state index contributed by atoms with van der Waals surface area (Å²) in [5.74, 6) is 0.713. The van der Waals surface area contributed by atoms with Gasteiger partial charge in [-0.25, -0.2) is 0 Å². The van der Waals surface area contributed by atoms with Gasteiger partial charge < -0.3 is 16.0 Å². The molecule has 20 heavy (non-hydrogen) atoms. The second-order valence-electron chi connectivity index (χ2n) is 7.21. The molecule has 0 radical (unpaired) electrons. The van der Waals surface area contributed by atoms with Crippen LogP contribution in [0.25, 0.3) is 0 Å². The number of nitrogens with zero attached hydrogens (tertiary/aromatic N) is 1. The molecule has 0 bridgehead atoms. The number of carbonyl (C=O) groups is 1. The zero-order chi connectivity index (χ0) is 15.3. The molecule has 0 aromatic heterocycles. The van der Waals surface area contributed by atoms with Gasteiger partial charge in [-0.1, -0.05) is 20.8 Å². The lowest BCUT2D eigenvalue weighted by molar-refractivity contribution is -0.132. The van der Waals surface area contributed by atoms with Crippen molar-refractivity contribution in [1.29, 1.82) is 0 Å². The van der Waals surface area contributed by atoms with Crippen LogP contribution in [0.15, 0.2) is 0 Å². The quantitative estimate of drug-likeness (QED) is 0.731. The lowest BCUT2D eigenvalue weighted by Crippen LogP contribution is -2.51. The first-order chi connectivity index (χ1) is 9.26. The highest BCUT2D eigenvalue weighted by Gasteiger charge is 2.44. The van der Waals surface area contributed by atoms with E-state index in [1.54, 1.807) is 0 Å². The number of hydrogen-bond donors (Lipinski definition) is 2. The van der Waals surface area contributed by atoms with E-state index in [0.29, 0.717) is 5.92 Å². The number of amides is 1. The lowest BCUT2D eigenvalue weighted by Gasteiger charge is -2.46. The highest BCUT2D eigenvalue weighted by atomic mass is 16.1. The first-order valence-electron chi connectivity index (χ1n) is 7.94. The van der Waals surface area contributed by atoms with Crippen molar-refractivity contribution in [3.8, 4) is 0 Å². The molecule has 1 amide bonds. The van der Waals surface area contributed by atoms with E-state index in [2.05, 4.69) is 45.1 Å². The van der Waals surface area contributed by atoms with Crippen molar-refractivity contribution in [2.24, 2.45) is 23.0 Å². The topological polar surface area (TPSA) is 58.4 Å². The van der Waals surface area contributed by atoms with E-state index in [4.69, 9.17) is 5.73 Å². The highest BCUT2D eigenvalue weighted by Crippen LogP contribution is 2.44. The van der Waals surface area contributed by atoms with Crippen LogP contribution >= 0.6 is 0 Å². The van der Waals surface area contributed by atoms with Gasteiger partial charge in [0.2, 0.25) is 5.91 Å². The zero-order valence-electron chi connectivity index (χ0n) is 13.9. The Balaban J connectivity index is 2.39. The average molecular weight is 283 g/mol. The molecule has 1 saturated carbocycles. The third-order valence-electron chi connectivity index (χ3n) is 5.15. The van der Waals surface area contributed by atoms with E-state index in [1.165, 1.54) is 0 Å². The van der Waals surface area contributed by atoms with E-state index in [9.17, 15) is 4.79 Å². The van der Waals surface area contributed by atoms with Gasteiger partial charge in [-0.3, -0.25) is 4.79 Å². The average Bonchev–Trinajstić information content (AvgIpc) is 2.35. The van der Waals surface area contributed by atoms with E-state index < -0.39 is 0 Å². The number of rotatable bonds is 6. The van der Waals surface area contributed by atoms with Gasteiger partial charge in [-0.05, 0) is 57.7 Å². The Morgan fingerprint density at radius 1 is 1.30 bits per heavy atom. The molecule has 1 aliphatic rings. The summed E-state index contributed by atoms with van der Waals surface area (Å²) in [4.78, 5) is 14.6. The molecule has 118 valence electrons. The Morgan fingerprint density at radius 3 is 2.55 bits per heavy atom. The fraction of sp³-hybridized carbons (Fsp3) is 0.938. The van der Waals surface area contributed by atoms with Gasteiger partial charge in [0.1, 0.15) is 0 Å². The molecular weight excluding hydrogens is 250 g/mol. The Morgan fingerprint density at radius 2 is 1.95 bits per heavy atom. The molecule has 4 heteroatoms. The maximum absolute atomic E-state index is 12.4. The van der Waals surface area contributed by atoms with Crippen LogP contribution in [-0.2, 0) is 4.79 Å². The molecule has 1 aliphatic carbocycles. The predicted molar refractivity (Wildman–Crippen MR) is 84.4 cm³/mol. The summed E-state index contributed by atoms with van der Waals surface area (Å²) in [6.07, 6.45) is 4.06. The van der Waals surface area contributed by atoms with Gasteiger partial charge in [0, 0.05) is 18.5 Å². The summed E-state index contributed by atoms with van der Waals surface area (Å²) in [6, 6.07) is 0.231. The first-order valence-corrected chi connectivity index (χ1v) is 7.94. The van der Waals surface area contributed by atoms with E-state index >= 15 is 0 Å². The fourth-order valence-corrected chi connectivity index (χ4v) is 3.21. The van der Waals surface area contributed by atoms with Gasteiger partial charge in [-0.15, -0.1) is 0 Å². The highest BCUT2D eigenvalue weighted by molar-refractivity contribution is 5.79. The Labute approximate surface area is 124 Å². The van der Waals surface area contributed by atoms with Gasteiger partial charge in [0.25, 0.3) is 0 Å². The number of unbranched alkanes of at least 4 members (excludes halogenated alkanes) is 1. The minimum absolute atomic E-state index is 0.00855. The molecule has 0 aliphatic heterocycles. The molecule has 0 aromatic rings. The molecule has 0 saturated heterocycles. The fourth-order valence-electron chi connectivity index (χ4n) is 3.21. The van der Waals surface area contributed by atoms with Crippen LogP contribution in [0.4, 0.5) is 0 Å². The molecule has 3 atom stereocenters. The van der Waals surface area contributed by atoms with Crippen LogP contribution in [0.2, 0.25) is 0 Å². The molecule has 3 N–H and O–H groups in total. The van der Waals surface area contributed by atoms with Crippen molar-refractivity contribution in [2.45, 2.75) is 52.5 Å². The van der Waals surface area contributed by atoms with E-state index in [-0.39, 0.29) is 23.3 Å². The Hall–Kier alpha value is -0.610. The van der Waals surface area contributed by atoms with Crippen molar-refractivity contribution >= 4 is 5.91 Å². The monoisotopic (exact) mass is 283 g/mol. The molecule has 1 rings (SSSR count). The molecular formula is C16H33N3O. The number of nitrogens with one attached hydrogen (secondary N) is 1. The summed E-state index contributed by atoms with van der Waals surface area (Å²) in [7, 11) is 4.15. The maximum atomic E-state index is 12.4. The second-order valence-corrected chi connectivity index (χ2v) is 7.21. The SMILES string of the molecule is CC1C(N)CCC(C(=O)NCCCCN(C)C)C1(C)C. The minimum atomic E-state index is -0.00855. The lowest BCUT2D eigenvalue weighted by atomic mass is 9.61. The van der Waals surface area contributed by atoms with Crippen LogP contribution in [0, 0.1) is 17.3 Å². The second kappa shape index (κ2) is 7.41. The maximum Gasteiger partial charge on any atom is 0.223 e. The zero-order valence-corrected chi connectivity index (χ0v) is 13.9. The smallest absolute Gasteiger partial charge is 0.223 e. The molecule has 0 aromatic carbocycles. The summed E-state index contributed by atoms with van der Waals surface area (Å²) >= 11 is 0. The Kier molecular flexibility index (Phi) is 6.46.